The number of nitrogens with zero attached hydrogens (tertiary/aromatic N) is 3. The normalized spacial score (nSPS) is 13.8. The Bertz CT molecular complexity index is 1250. The fraction of sp³-hybridized carbons (Fsp3) is 0.227. The molecule has 1 N–H and O–H groups in total. The van der Waals surface area contributed by atoms with E-state index in [0.717, 1.165) is 23.1 Å². The van der Waals surface area contributed by atoms with Gasteiger partial charge in [0.05, 0.1) is 29.9 Å². The van der Waals surface area contributed by atoms with Gasteiger partial charge < -0.3 is 10.1 Å². The molecule has 0 fully saturated rings. The Kier molecular flexibility index (Phi) is 6.33. The molecule has 166 valence electrons. The van der Waals surface area contributed by atoms with Crippen LogP contribution in [0.5, 0.6) is 5.75 Å². The first-order valence-corrected chi connectivity index (χ1v) is 12.5. The van der Waals surface area contributed by atoms with Gasteiger partial charge in [-0.3, -0.25) is 9.10 Å². The van der Waals surface area contributed by atoms with E-state index in [1.807, 2.05) is 19.1 Å². The van der Waals surface area contributed by atoms with E-state index in [1.54, 1.807) is 43.3 Å². The van der Waals surface area contributed by atoms with Crippen molar-refractivity contribution in [1.29, 1.82) is 0 Å². The second-order valence-electron chi connectivity index (χ2n) is 6.85. The number of aromatic nitrogens is 2. The van der Waals surface area contributed by atoms with Crippen LogP contribution in [0.25, 0.3) is 11.3 Å². The van der Waals surface area contributed by atoms with Crippen LogP contribution in [0.15, 0.2) is 64.8 Å². The molecule has 0 spiro atoms. The molecular formula is C22H22N4O4S2. The van der Waals surface area contributed by atoms with Gasteiger partial charge in [0.15, 0.2) is 5.16 Å². The van der Waals surface area contributed by atoms with E-state index in [0.29, 0.717) is 35.4 Å². The SMILES string of the molecule is CCOc1ccc(NC(=O)CSc2ncc3c(n2)-c2ccccc2N(CC)S3(=O)=O)cc1. The first kappa shape index (κ1) is 22.1. The molecule has 0 unspecified atom stereocenters. The predicted octanol–water partition coefficient (Wildman–Crippen LogP) is 3.80. The van der Waals surface area contributed by atoms with Gasteiger partial charge in [-0.2, -0.15) is 0 Å². The highest BCUT2D eigenvalue weighted by atomic mass is 32.2. The maximum atomic E-state index is 13.0. The van der Waals surface area contributed by atoms with Crippen LogP contribution in [0.4, 0.5) is 11.4 Å². The van der Waals surface area contributed by atoms with Gasteiger partial charge >= 0.3 is 0 Å². The van der Waals surface area contributed by atoms with Crippen LogP contribution in [0.1, 0.15) is 13.8 Å². The minimum absolute atomic E-state index is 0.0706. The summed E-state index contributed by atoms with van der Waals surface area (Å²) in [7, 11) is -3.73. The number of fused-ring (bicyclic) bond motifs is 3. The number of carbonyl (C=O) groups is 1. The third-order valence-corrected chi connectivity index (χ3v) is 7.55. The van der Waals surface area contributed by atoms with E-state index < -0.39 is 10.0 Å². The van der Waals surface area contributed by atoms with Gasteiger partial charge in [-0.15, -0.1) is 0 Å². The average Bonchev–Trinajstić information content (AvgIpc) is 2.79. The van der Waals surface area contributed by atoms with Crippen molar-refractivity contribution in [3.8, 4) is 17.0 Å². The third-order valence-electron chi connectivity index (χ3n) is 4.80. The molecule has 0 saturated heterocycles. The minimum Gasteiger partial charge on any atom is -0.494 e. The topological polar surface area (TPSA) is 101 Å². The quantitative estimate of drug-likeness (QED) is 0.414. The Morgan fingerprint density at radius 3 is 2.59 bits per heavy atom. The second kappa shape index (κ2) is 9.17. The molecule has 0 bridgehead atoms. The molecule has 1 aromatic heterocycles. The molecule has 0 saturated carbocycles. The molecule has 1 aliphatic heterocycles. The van der Waals surface area contributed by atoms with Crippen molar-refractivity contribution in [1.82, 2.24) is 9.97 Å². The van der Waals surface area contributed by atoms with Crippen LogP contribution >= 0.6 is 11.8 Å². The van der Waals surface area contributed by atoms with Crippen LogP contribution in [-0.4, -0.2) is 43.2 Å². The number of benzene rings is 2. The number of nitrogens with one attached hydrogen (secondary N) is 1. The van der Waals surface area contributed by atoms with Crippen molar-refractivity contribution in [3.05, 3.63) is 54.7 Å². The zero-order chi connectivity index (χ0) is 22.7. The van der Waals surface area contributed by atoms with E-state index in [1.165, 1.54) is 10.5 Å². The molecule has 2 aromatic carbocycles. The van der Waals surface area contributed by atoms with Crippen molar-refractivity contribution < 1.29 is 17.9 Å². The van der Waals surface area contributed by atoms with Gasteiger partial charge in [0, 0.05) is 17.8 Å². The molecule has 3 aromatic rings. The van der Waals surface area contributed by atoms with Gasteiger partial charge in [-0.05, 0) is 44.2 Å². The van der Waals surface area contributed by atoms with Crippen molar-refractivity contribution in [2.24, 2.45) is 0 Å². The minimum atomic E-state index is -3.73. The van der Waals surface area contributed by atoms with Crippen LogP contribution in [0.3, 0.4) is 0 Å². The number of carbonyl (C=O) groups excluding carboxylic acids is 1. The van der Waals surface area contributed by atoms with Crippen LogP contribution < -0.4 is 14.4 Å². The number of rotatable bonds is 7. The lowest BCUT2D eigenvalue weighted by Crippen LogP contribution is -2.34. The summed E-state index contributed by atoms with van der Waals surface area (Å²) in [4.78, 5) is 21.1. The highest BCUT2D eigenvalue weighted by Crippen LogP contribution is 2.41. The van der Waals surface area contributed by atoms with Crippen molar-refractivity contribution in [3.63, 3.8) is 0 Å². The number of para-hydroxylation sites is 1. The molecule has 32 heavy (non-hydrogen) atoms. The molecule has 10 heteroatoms. The summed E-state index contributed by atoms with van der Waals surface area (Å²) in [5, 5.41) is 3.15. The van der Waals surface area contributed by atoms with Gasteiger partial charge in [-0.1, -0.05) is 30.0 Å². The van der Waals surface area contributed by atoms with E-state index in [-0.39, 0.29) is 16.6 Å². The van der Waals surface area contributed by atoms with Crippen LogP contribution in [0, 0.1) is 0 Å². The predicted molar refractivity (Wildman–Crippen MR) is 125 cm³/mol. The lowest BCUT2D eigenvalue weighted by molar-refractivity contribution is -0.113. The fourth-order valence-electron chi connectivity index (χ4n) is 3.41. The highest BCUT2D eigenvalue weighted by Gasteiger charge is 2.35. The largest absolute Gasteiger partial charge is 0.494 e. The van der Waals surface area contributed by atoms with E-state index in [4.69, 9.17) is 4.74 Å². The summed E-state index contributed by atoms with van der Waals surface area (Å²) in [6.07, 6.45) is 1.32. The van der Waals surface area contributed by atoms with Gasteiger partial charge in [0.2, 0.25) is 5.91 Å². The summed E-state index contributed by atoms with van der Waals surface area (Å²) in [6, 6.07) is 14.4. The van der Waals surface area contributed by atoms with E-state index >= 15 is 0 Å². The summed E-state index contributed by atoms with van der Waals surface area (Å²) >= 11 is 1.15. The lowest BCUT2D eigenvalue weighted by Gasteiger charge is -2.30. The number of hydrogen-bond donors (Lipinski definition) is 1. The number of amides is 1. The molecule has 4 rings (SSSR count). The van der Waals surface area contributed by atoms with E-state index in [9.17, 15) is 13.2 Å². The summed E-state index contributed by atoms with van der Waals surface area (Å²) in [5.74, 6) is 0.603. The number of hydrogen-bond acceptors (Lipinski definition) is 7. The molecule has 1 amide bonds. The standard InChI is InChI=1S/C22H22N4O4S2/c1-3-26-18-8-6-5-7-17(18)21-19(32(26,28)29)13-23-22(25-21)31-14-20(27)24-15-9-11-16(12-10-15)30-4-2/h5-13H,3-4,14H2,1-2H3,(H,24,27). The Morgan fingerprint density at radius 1 is 1.12 bits per heavy atom. The Balaban J connectivity index is 1.51. The smallest absolute Gasteiger partial charge is 0.268 e. The maximum absolute atomic E-state index is 13.0. The highest BCUT2D eigenvalue weighted by molar-refractivity contribution is 7.99. The summed E-state index contributed by atoms with van der Waals surface area (Å²) in [6.45, 7) is 4.57. The van der Waals surface area contributed by atoms with Crippen molar-refractivity contribution >= 4 is 39.1 Å². The maximum Gasteiger partial charge on any atom is 0.268 e. The van der Waals surface area contributed by atoms with Crippen molar-refractivity contribution in [2.75, 3.05) is 28.5 Å². The molecule has 8 nitrogen and oxygen atoms in total. The van der Waals surface area contributed by atoms with Gasteiger partial charge in [0.1, 0.15) is 10.6 Å². The first-order valence-electron chi connectivity index (χ1n) is 10.1. The first-order chi connectivity index (χ1) is 15.4. The molecule has 1 aliphatic rings. The second-order valence-corrected chi connectivity index (χ2v) is 9.62. The van der Waals surface area contributed by atoms with Gasteiger partial charge in [0.25, 0.3) is 10.0 Å². The van der Waals surface area contributed by atoms with Crippen molar-refractivity contribution in [2.45, 2.75) is 23.9 Å². The van der Waals surface area contributed by atoms with Crippen LogP contribution in [0.2, 0.25) is 0 Å². The summed E-state index contributed by atoms with van der Waals surface area (Å²) in [5.41, 5.74) is 2.33. The number of thioether (sulfide) groups is 1. The van der Waals surface area contributed by atoms with Gasteiger partial charge in [-0.25, -0.2) is 18.4 Å². The summed E-state index contributed by atoms with van der Waals surface area (Å²) < 4.78 is 32.8. The van der Waals surface area contributed by atoms with E-state index in [2.05, 4.69) is 15.3 Å². The fourth-order valence-corrected chi connectivity index (χ4v) is 5.61. The zero-order valence-corrected chi connectivity index (χ0v) is 19.2. The molecular weight excluding hydrogens is 448 g/mol. The molecule has 0 radical (unpaired) electrons. The third kappa shape index (κ3) is 4.28. The number of sulfonamides is 1. The number of anilines is 2. The Hall–Kier alpha value is -3.11. The molecule has 2 heterocycles. The molecule has 0 atom stereocenters. The zero-order valence-electron chi connectivity index (χ0n) is 17.6. The monoisotopic (exact) mass is 470 g/mol. The van der Waals surface area contributed by atoms with Crippen LogP contribution in [-0.2, 0) is 14.8 Å². The lowest BCUT2D eigenvalue weighted by atomic mass is 10.1. The Morgan fingerprint density at radius 2 is 1.88 bits per heavy atom. The number of ether oxygens (including phenoxy) is 1. The average molecular weight is 471 g/mol. The molecule has 0 aliphatic carbocycles. The Labute approximate surface area is 191 Å².